The summed E-state index contributed by atoms with van der Waals surface area (Å²) >= 11 is 0. The second-order valence-electron chi connectivity index (χ2n) is 7.34. The summed E-state index contributed by atoms with van der Waals surface area (Å²) in [6.07, 6.45) is 0. The molecular weight excluding hydrogens is 412 g/mol. The SMILES string of the molecule is Cc1nnnn1Cc1ccc(C(=O)Nc2ccc(OCC(=O)N3CCOCC3)cc2)cc1. The van der Waals surface area contributed by atoms with Crippen LogP contribution < -0.4 is 10.1 Å². The Morgan fingerprint density at radius 1 is 1.06 bits per heavy atom. The molecule has 10 heteroatoms. The molecule has 0 atom stereocenters. The molecule has 2 heterocycles. The first-order valence-electron chi connectivity index (χ1n) is 10.3. The van der Waals surface area contributed by atoms with Crippen molar-refractivity contribution in [3.05, 3.63) is 65.5 Å². The van der Waals surface area contributed by atoms with Crippen molar-refractivity contribution >= 4 is 17.5 Å². The third-order valence-corrected chi connectivity index (χ3v) is 5.10. The van der Waals surface area contributed by atoms with Gasteiger partial charge in [0.2, 0.25) is 0 Å². The van der Waals surface area contributed by atoms with Crippen LogP contribution >= 0.6 is 0 Å². The van der Waals surface area contributed by atoms with Gasteiger partial charge in [0.25, 0.3) is 11.8 Å². The van der Waals surface area contributed by atoms with E-state index < -0.39 is 0 Å². The third kappa shape index (κ3) is 5.46. The van der Waals surface area contributed by atoms with E-state index in [9.17, 15) is 9.59 Å². The van der Waals surface area contributed by atoms with Crippen molar-refractivity contribution in [2.75, 3.05) is 38.2 Å². The van der Waals surface area contributed by atoms with Crippen molar-refractivity contribution in [3.8, 4) is 5.75 Å². The van der Waals surface area contributed by atoms with E-state index in [0.717, 1.165) is 11.4 Å². The van der Waals surface area contributed by atoms with E-state index in [1.54, 1.807) is 46.0 Å². The van der Waals surface area contributed by atoms with Crippen molar-refractivity contribution in [1.29, 1.82) is 0 Å². The molecule has 1 fully saturated rings. The van der Waals surface area contributed by atoms with Crippen LogP contribution in [-0.2, 0) is 16.1 Å². The zero-order chi connectivity index (χ0) is 22.3. The van der Waals surface area contributed by atoms with Crippen LogP contribution in [0.15, 0.2) is 48.5 Å². The van der Waals surface area contributed by atoms with Gasteiger partial charge >= 0.3 is 0 Å². The first kappa shape index (κ1) is 21.4. The average Bonchev–Trinajstić information content (AvgIpc) is 3.23. The number of amides is 2. The smallest absolute Gasteiger partial charge is 0.260 e. The normalized spacial score (nSPS) is 13.6. The number of tetrazole rings is 1. The van der Waals surface area contributed by atoms with Crippen molar-refractivity contribution in [2.45, 2.75) is 13.5 Å². The quantitative estimate of drug-likeness (QED) is 0.598. The molecule has 0 aliphatic carbocycles. The number of benzene rings is 2. The Morgan fingerprint density at radius 3 is 2.44 bits per heavy atom. The Hall–Kier alpha value is -3.79. The molecule has 32 heavy (non-hydrogen) atoms. The van der Waals surface area contributed by atoms with Crippen LogP contribution in [0.4, 0.5) is 5.69 Å². The van der Waals surface area contributed by atoms with Gasteiger partial charge in [-0.15, -0.1) is 5.10 Å². The van der Waals surface area contributed by atoms with Crippen molar-refractivity contribution in [3.63, 3.8) is 0 Å². The summed E-state index contributed by atoms with van der Waals surface area (Å²) in [5.41, 5.74) is 2.17. The third-order valence-electron chi connectivity index (χ3n) is 5.10. The van der Waals surface area contributed by atoms with Gasteiger partial charge in [0.05, 0.1) is 19.8 Å². The molecular formula is C22H24N6O4. The zero-order valence-electron chi connectivity index (χ0n) is 17.7. The molecule has 0 spiro atoms. The summed E-state index contributed by atoms with van der Waals surface area (Å²) in [5.74, 6) is 1.01. The second kappa shape index (κ2) is 10.0. The van der Waals surface area contributed by atoms with Gasteiger partial charge in [-0.05, 0) is 59.3 Å². The standard InChI is InChI=1S/C22H24N6O4/c1-16-24-25-26-28(16)14-17-2-4-18(5-3-17)22(30)23-19-6-8-20(9-7-19)32-15-21(29)27-10-12-31-13-11-27/h2-9H,10-15H2,1H3,(H,23,30). The summed E-state index contributed by atoms with van der Waals surface area (Å²) < 4.78 is 12.5. The summed E-state index contributed by atoms with van der Waals surface area (Å²) in [6.45, 7) is 4.64. The van der Waals surface area contributed by atoms with E-state index in [0.29, 0.717) is 49.8 Å². The number of aryl methyl sites for hydroxylation is 1. The first-order valence-corrected chi connectivity index (χ1v) is 10.3. The number of hydrogen-bond acceptors (Lipinski definition) is 7. The highest BCUT2D eigenvalue weighted by Crippen LogP contribution is 2.17. The van der Waals surface area contributed by atoms with Crippen LogP contribution in [-0.4, -0.2) is 69.8 Å². The fourth-order valence-corrected chi connectivity index (χ4v) is 3.22. The van der Waals surface area contributed by atoms with Crippen LogP contribution in [0, 0.1) is 6.92 Å². The minimum Gasteiger partial charge on any atom is -0.484 e. The highest BCUT2D eigenvalue weighted by atomic mass is 16.5. The maximum Gasteiger partial charge on any atom is 0.260 e. The average molecular weight is 436 g/mol. The van der Waals surface area contributed by atoms with Gasteiger partial charge in [-0.25, -0.2) is 4.68 Å². The molecule has 1 aliphatic rings. The van der Waals surface area contributed by atoms with Crippen LogP contribution in [0.2, 0.25) is 0 Å². The predicted molar refractivity (Wildman–Crippen MR) is 115 cm³/mol. The van der Waals surface area contributed by atoms with Gasteiger partial charge in [-0.3, -0.25) is 9.59 Å². The molecule has 3 aromatic rings. The topological polar surface area (TPSA) is 111 Å². The molecule has 2 aromatic carbocycles. The van der Waals surface area contributed by atoms with Crippen LogP contribution in [0.3, 0.4) is 0 Å². The molecule has 1 aliphatic heterocycles. The number of nitrogens with zero attached hydrogens (tertiary/aromatic N) is 5. The number of nitrogens with one attached hydrogen (secondary N) is 1. The largest absolute Gasteiger partial charge is 0.484 e. The predicted octanol–water partition coefficient (Wildman–Crippen LogP) is 1.52. The lowest BCUT2D eigenvalue weighted by Crippen LogP contribution is -2.42. The number of carbonyl (C=O) groups is 2. The molecule has 2 amide bonds. The molecule has 1 N–H and O–H groups in total. The van der Waals surface area contributed by atoms with E-state index >= 15 is 0 Å². The molecule has 1 aromatic heterocycles. The van der Waals surface area contributed by atoms with Crippen LogP contribution in [0.1, 0.15) is 21.7 Å². The van der Waals surface area contributed by atoms with E-state index in [2.05, 4.69) is 20.8 Å². The fraction of sp³-hybridized carbons (Fsp3) is 0.318. The Morgan fingerprint density at radius 2 is 1.78 bits per heavy atom. The summed E-state index contributed by atoms with van der Waals surface area (Å²) in [7, 11) is 0. The molecule has 1 saturated heterocycles. The number of carbonyl (C=O) groups excluding carboxylic acids is 2. The van der Waals surface area contributed by atoms with Crippen molar-refractivity contribution in [2.24, 2.45) is 0 Å². The number of anilines is 1. The number of morpholine rings is 1. The number of rotatable bonds is 7. The summed E-state index contributed by atoms with van der Waals surface area (Å²) in [5, 5.41) is 14.3. The highest BCUT2D eigenvalue weighted by molar-refractivity contribution is 6.04. The van der Waals surface area contributed by atoms with E-state index in [-0.39, 0.29) is 18.4 Å². The van der Waals surface area contributed by atoms with Gasteiger partial charge in [0, 0.05) is 24.3 Å². The lowest BCUT2D eigenvalue weighted by atomic mass is 10.1. The van der Waals surface area contributed by atoms with Gasteiger partial charge in [0.1, 0.15) is 11.6 Å². The highest BCUT2D eigenvalue weighted by Gasteiger charge is 2.17. The Bertz CT molecular complexity index is 1060. The number of aromatic nitrogens is 4. The summed E-state index contributed by atoms with van der Waals surface area (Å²) in [4.78, 5) is 26.4. The Labute approximate surface area is 185 Å². The maximum absolute atomic E-state index is 12.5. The lowest BCUT2D eigenvalue weighted by Gasteiger charge is -2.26. The monoisotopic (exact) mass is 436 g/mol. The molecule has 4 rings (SSSR count). The molecule has 10 nitrogen and oxygen atoms in total. The second-order valence-corrected chi connectivity index (χ2v) is 7.34. The number of hydrogen-bond donors (Lipinski definition) is 1. The first-order chi connectivity index (χ1) is 15.6. The van der Waals surface area contributed by atoms with Crippen molar-refractivity contribution in [1.82, 2.24) is 25.1 Å². The van der Waals surface area contributed by atoms with Crippen LogP contribution in [0.25, 0.3) is 0 Å². The van der Waals surface area contributed by atoms with Crippen molar-refractivity contribution < 1.29 is 19.1 Å². The van der Waals surface area contributed by atoms with Gasteiger partial charge in [-0.2, -0.15) is 0 Å². The van der Waals surface area contributed by atoms with Gasteiger partial charge in [0.15, 0.2) is 6.61 Å². The lowest BCUT2D eigenvalue weighted by molar-refractivity contribution is -0.137. The van der Waals surface area contributed by atoms with Gasteiger partial charge in [-0.1, -0.05) is 12.1 Å². The fourth-order valence-electron chi connectivity index (χ4n) is 3.22. The summed E-state index contributed by atoms with van der Waals surface area (Å²) in [6, 6.07) is 14.2. The minimum absolute atomic E-state index is 0.0256. The maximum atomic E-state index is 12.5. The van der Waals surface area contributed by atoms with Crippen LogP contribution in [0.5, 0.6) is 5.75 Å². The van der Waals surface area contributed by atoms with E-state index in [1.807, 2.05) is 19.1 Å². The molecule has 166 valence electrons. The van der Waals surface area contributed by atoms with E-state index in [1.165, 1.54) is 0 Å². The van der Waals surface area contributed by atoms with Gasteiger partial charge < -0.3 is 19.7 Å². The number of ether oxygens (including phenoxy) is 2. The molecule has 0 saturated carbocycles. The minimum atomic E-state index is -0.216. The molecule has 0 bridgehead atoms. The van der Waals surface area contributed by atoms with E-state index in [4.69, 9.17) is 9.47 Å². The molecule has 0 unspecified atom stereocenters. The Balaban J connectivity index is 1.27. The zero-order valence-corrected chi connectivity index (χ0v) is 17.7. The molecule has 0 radical (unpaired) electrons. The Kier molecular flexibility index (Phi) is 6.71.